The maximum absolute atomic E-state index is 13.0. The third-order valence-corrected chi connectivity index (χ3v) is 5.69. The fraction of sp³-hybridized carbons (Fsp3) is 0.632. The number of amides is 1. The summed E-state index contributed by atoms with van der Waals surface area (Å²) in [5.74, 6) is 0.360. The highest BCUT2D eigenvalue weighted by molar-refractivity contribution is 6.06. The van der Waals surface area contributed by atoms with Crippen molar-refractivity contribution in [1.29, 1.82) is 0 Å². The van der Waals surface area contributed by atoms with Crippen molar-refractivity contribution in [3.8, 4) is 0 Å². The second kappa shape index (κ2) is 6.75. The monoisotopic (exact) mass is 344 g/mol. The largest absolute Gasteiger partial charge is 0.396 e. The maximum atomic E-state index is 13.0. The lowest BCUT2D eigenvalue weighted by Gasteiger charge is -2.29. The Hall–Kier alpha value is -1.95. The molecule has 25 heavy (non-hydrogen) atoms. The molecular weight excluding hydrogens is 316 g/mol. The number of carbonyl (C=O) groups is 1. The third-order valence-electron chi connectivity index (χ3n) is 5.69. The lowest BCUT2D eigenvalue weighted by molar-refractivity contribution is 0.0852. The Morgan fingerprint density at radius 1 is 1.40 bits per heavy atom. The number of aryl methyl sites for hydroxylation is 2. The SMILES string of the molecule is CCC(CC)(CO)CNC(=O)c1cc(C2CC2)nc2c1c(C)nn2C. The molecule has 2 heterocycles. The van der Waals surface area contributed by atoms with E-state index in [0.717, 1.165) is 48.1 Å². The molecule has 0 aliphatic heterocycles. The van der Waals surface area contributed by atoms with Crippen LogP contribution in [-0.2, 0) is 7.05 Å². The first-order valence-electron chi connectivity index (χ1n) is 9.18. The second-order valence-electron chi connectivity index (χ2n) is 7.32. The normalized spacial score (nSPS) is 14.9. The van der Waals surface area contributed by atoms with Crippen LogP contribution in [0, 0.1) is 12.3 Å². The van der Waals surface area contributed by atoms with Gasteiger partial charge in [0.1, 0.15) is 0 Å². The Morgan fingerprint density at radius 3 is 2.64 bits per heavy atom. The van der Waals surface area contributed by atoms with Crippen molar-refractivity contribution in [3.05, 3.63) is 23.0 Å². The van der Waals surface area contributed by atoms with Crippen LogP contribution < -0.4 is 5.32 Å². The van der Waals surface area contributed by atoms with Gasteiger partial charge in [-0.05, 0) is 38.7 Å². The van der Waals surface area contributed by atoms with Gasteiger partial charge in [-0.15, -0.1) is 0 Å². The molecule has 0 aromatic carbocycles. The van der Waals surface area contributed by atoms with Crippen LogP contribution in [0.5, 0.6) is 0 Å². The van der Waals surface area contributed by atoms with Crippen LogP contribution in [0.4, 0.5) is 0 Å². The number of nitrogens with one attached hydrogen (secondary N) is 1. The fourth-order valence-corrected chi connectivity index (χ4v) is 3.37. The number of aliphatic hydroxyl groups excluding tert-OH is 1. The maximum Gasteiger partial charge on any atom is 0.252 e. The summed E-state index contributed by atoms with van der Waals surface area (Å²) in [6.07, 6.45) is 3.92. The Bertz CT molecular complexity index is 780. The number of pyridine rings is 1. The van der Waals surface area contributed by atoms with E-state index in [1.54, 1.807) is 4.68 Å². The molecule has 0 radical (unpaired) electrons. The fourth-order valence-electron chi connectivity index (χ4n) is 3.37. The predicted molar refractivity (Wildman–Crippen MR) is 97.7 cm³/mol. The Labute approximate surface area is 148 Å². The number of hydrogen-bond donors (Lipinski definition) is 2. The van der Waals surface area contributed by atoms with E-state index in [2.05, 4.69) is 10.4 Å². The summed E-state index contributed by atoms with van der Waals surface area (Å²) in [4.78, 5) is 17.7. The number of aromatic nitrogens is 3. The van der Waals surface area contributed by atoms with Crippen molar-refractivity contribution in [2.75, 3.05) is 13.2 Å². The van der Waals surface area contributed by atoms with Crippen LogP contribution in [0.25, 0.3) is 11.0 Å². The lowest BCUT2D eigenvalue weighted by atomic mass is 9.83. The first-order valence-corrected chi connectivity index (χ1v) is 9.18. The number of hydrogen-bond acceptors (Lipinski definition) is 4. The smallest absolute Gasteiger partial charge is 0.252 e. The van der Waals surface area contributed by atoms with Gasteiger partial charge in [-0.2, -0.15) is 5.10 Å². The Morgan fingerprint density at radius 2 is 2.08 bits per heavy atom. The molecule has 0 bridgehead atoms. The molecule has 3 rings (SSSR count). The van der Waals surface area contributed by atoms with E-state index >= 15 is 0 Å². The molecule has 1 saturated carbocycles. The van der Waals surface area contributed by atoms with Gasteiger partial charge in [0.2, 0.25) is 0 Å². The molecule has 6 nitrogen and oxygen atoms in total. The molecule has 2 aromatic heterocycles. The average Bonchev–Trinajstić information content (AvgIpc) is 3.43. The Balaban J connectivity index is 1.95. The molecule has 0 saturated heterocycles. The molecule has 0 unspecified atom stereocenters. The number of nitrogens with zero attached hydrogens (tertiary/aromatic N) is 3. The van der Waals surface area contributed by atoms with Crippen molar-refractivity contribution >= 4 is 16.9 Å². The van der Waals surface area contributed by atoms with Crippen LogP contribution in [0.2, 0.25) is 0 Å². The summed E-state index contributed by atoms with van der Waals surface area (Å²) in [5.41, 5.74) is 2.96. The van der Waals surface area contributed by atoms with Gasteiger partial charge in [0.25, 0.3) is 5.91 Å². The van der Waals surface area contributed by atoms with Gasteiger partial charge in [-0.3, -0.25) is 9.48 Å². The van der Waals surface area contributed by atoms with Gasteiger partial charge >= 0.3 is 0 Å². The highest BCUT2D eigenvalue weighted by Crippen LogP contribution is 2.40. The minimum atomic E-state index is -0.259. The summed E-state index contributed by atoms with van der Waals surface area (Å²) in [5, 5.41) is 18.0. The molecule has 6 heteroatoms. The van der Waals surface area contributed by atoms with Crippen molar-refractivity contribution in [2.24, 2.45) is 12.5 Å². The molecule has 136 valence electrons. The number of aliphatic hydroxyl groups is 1. The van der Waals surface area contributed by atoms with E-state index in [1.807, 2.05) is 33.9 Å². The van der Waals surface area contributed by atoms with Crippen LogP contribution in [0.15, 0.2) is 6.07 Å². The van der Waals surface area contributed by atoms with Gasteiger partial charge in [-0.1, -0.05) is 13.8 Å². The Kier molecular flexibility index (Phi) is 4.82. The highest BCUT2D eigenvalue weighted by Gasteiger charge is 2.30. The van der Waals surface area contributed by atoms with Crippen LogP contribution >= 0.6 is 0 Å². The molecule has 2 aromatic rings. The van der Waals surface area contributed by atoms with Crippen molar-refractivity contribution in [1.82, 2.24) is 20.1 Å². The number of fused-ring (bicyclic) bond motifs is 1. The zero-order chi connectivity index (χ0) is 18.2. The summed E-state index contributed by atoms with van der Waals surface area (Å²) in [7, 11) is 1.87. The van der Waals surface area contributed by atoms with Crippen LogP contribution in [0.3, 0.4) is 0 Å². The molecule has 1 aliphatic rings. The second-order valence-corrected chi connectivity index (χ2v) is 7.32. The summed E-state index contributed by atoms with van der Waals surface area (Å²) < 4.78 is 1.75. The van der Waals surface area contributed by atoms with Crippen LogP contribution in [0.1, 0.15) is 67.2 Å². The van der Waals surface area contributed by atoms with Gasteiger partial charge in [-0.25, -0.2) is 4.98 Å². The van der Waals surface area contributed by atoms with Crippen LogP contribution in [-0.4, -0.2) is 38.9 Å². The van der Waals surface area contributed by atoms with E-state index in [0.29, 0.717) is 18.0 Å². The first kappa shape index (κ1) is 17.9. The average molecular weight is 344 g/mol. The standard InChI is InChI=1S/C19H28N4O2/c1-5-19(6-2,11-24)10-20-18(25)14-9-15(13-7-8-13)21-17-16(14)12(3)22-23(17)4/h9,13,24H,5-8,10-11H2,1-4H3,(H,20,25). The first-order chi connectivity index (χ1) is 11.9. The number of rotatable bonds is 7. The molecule has 0 atom stereocenters. The predicted octanol–water partition coefficient (Wildman–Crippen LogP) is 2.68. The van der Waals surface area contributed by atoms with Crippen molar-refractivity contribution in [2.45, 2.75) is 52.4 Å². The van der Waals surface area contributed by atoms with Crippen molar-refractivity contribution < 1.29 is 9.90 Å². The minimum absolute atomic E-state index is 0.0747. The lowest BCUT2D eigenvalue weighted by Crippen LogP contribution is -2.39. The van der Waals surface area contributed by atoms with E-state index in [9.17, 15) is 9.90 Å². The van der Waals surface area contributed by atoms with Gasteiger partial charge in [0.15, 0.2) is 5.65 Å². The molecule has 0 spiro atoms. The summed E-state index contributed by atoms with van der Waals surface area (Å²) >= 11 is 0. The molecule has 2 N–H and O–H groups in total. The van der Waals surface area contributed by atoms with Gasteiger partial charge in [0, 0.05) is 30.6 Å². The van der Waals surface area contributed by atoms with Crippen molar-refractivity contribution in [3.63, 3.8) is 0 Å². The molecule has 1 fully saturated rings. The zero-order valence-corrected chi connectivity index (χ0v) is 15.6. The zero-order valence-electron chi connectivity index (χ0n) is 15.6. The van der Waals surface area contributed by atoms with E-state index in [-0.39, 0.29) is 17.9 Å². The van der Waals surface area contributed by atoms with E-state index in [1.165, 1.54) is 0 Å². The summed E-state index contributed by atoms with van der Waals surface area (Å²) in [6.45, 7) is 6.55. The topological polar surface area (TPSA) is 80.0 Å². The molecule has 1 aliphatic carbocycles. The quantitative estimate of drug-likeness (QED) is 0.809. The van der Waals surface area contributed by atoms with E-state index in [4.69, 9.17) is 4.98 Å². The van der Waals surface area contributed by atoms with E-state index < -0.39 is 0 Å². The summed E-state index contributed by atoms with van der Waals surface area (Å²) in [6, 6.07) is 1.93. The highest BCUT2D eigenvalue weighted by atomic mass is 16.3. The molecular formula is C19H28N4O2. The van der Waals surface area contributed by atoms with Gasteiger partial charge < -0.3 is 10.4 Å². The van der Waals surface area contributed by atoms with Gasteiger partial charge in [0.05, 0.1) is 23.3 Å². The third kappa shape index (κ3) is 3.27. The molecule has 1 amide bonds. The minimum Gasteiger partial charge on any atom is -0.396 e. The number of carbonyl (C=O) groups excluding carboxylic acids is 1.